The van der Waals surface area contributed by atoms with Gasteiger partial charge in [0.1, 0.15) is 5.75 Å². The number of carbonyl (C=O) groups is 1. The number of hydrogen-bond donors (Lipinski definition) is 3. The van der Waals surface area contributed by atoms with Crippen LogP contribution in [0.3, 0.4) is 0 Å². The van der Waals surface area contributed by atoms with Crippen molar-refractivity contribution in [3.63, 3.8) is 0 Å². The van der Waals surface area contributed by atoms with Gasteiger partial charge in [-0.2, -0.15) is 5.10 Å². The lowest BCUT2D eigenvalue weighted by Gasteiger charge is -2.02. The number of benzene rings is 2. The summed E-state index contributed by atoms with van der Waals surface area (Å²) >= 11 is 0. The van der Waals surface area contributed by atoms with Crippen molar-refractivity contribution in [2.24, 2.45) is 5.10 Å². The molecule has 0 radical (unpaired) electrons. The molecule has 0 atom stereocenters. The first-order valence-corrected chi connectivity index (χ1v) is 6.53. The summed E-state index contributed by atoms with van der Waals surface area (Å²) in [5.41, 5.74) is 2.51. The molecule has 118 valence electrons. The Hall–Kier alpha value is -3.42. The number of amides is 1. The Morgan fingerprint density at radius 3 is 2.70 bits per heavy atom. The van der Waals surface area contributed by atoms with Crippen LogP contribution in [-0.2, 0) is 11.2 Å². The molecular weight excluding hydrogens is 302 g/mol. The van der Waals surface area contributed by atoms with Gasteiger partial charge in [0.2, 0.25) is 11.7 Å². The molecule has 23 heavy (non-hydrogen) atoms. The minimum absolute atomic E-state index is 0.00661. The van der Waals surface area contributed by atoms with Gasteiger partial charge < -0.3 is 10.2 Å². The average Bonchev–Trinajstić information content (AvgIpc) is 2.48. The lowest BCUT2D eigenvalue weighted by atomic mass is 10.1. The molecular formula is C15H13N3O5. The van der Waals surface area contributed by atoms with Crippen LogP contribution in [0.4, 0.5) is 5.69 Å². The number of nitrogens with zero attached hydrogens (tertiary/aromatic N) is 2. The summed E-state index contributed by atoms with van der Waals surface area (Å²) in [7, 11) is 0. The molecule has 0 aliphatic heterocycles. The van der Waals surface area contributed by atoms with Gasteiger partial charge >= 0.3 is 5.69 Å². The normalized spacial score (nSPS) is 10.6. The van der Waals surface area contributed by atoms with Crippen LogP contribution in [-0.4, -0.2) is 27.3 Å². The van der Waals surface area contributed by atoms with E-state index in [2.05, 4.69) is 10.5 Å². The highest BCUT2D eigenvalue weighted by Crippen LogP contribution is 2.27. The van der Waals surface area contributed by atoms with Crippen LogP contribution in [0.5, 0.6) is 11.5 Å². The summed E-state index contributed by atoms with van der Waals surface area (Å²) in [6.07, 6.45) is 1.12. The van der Waals surface area contributed by atoms with E-state index in [9.17, 15) is 25.1 Å². The van der Waals surface area contributed by atoms with Gasteiger partial charge in [-0.05, 0) is 23.8 Å². The molecule has 0 unspecified atom stereocenters. The van der Waals surface area contributed by atoms with E-state index < -0.39 is 22.3 Å². The fourth-order valence-corrected chi connectivity index (χ4v) is 1.87. The summed E-state index contributed by atoms with van der Waals surface area (Å²) in [5.74, 6) is -0.902. The van der Waals surface area contributed by atoms with Crippen molar-refractivity contribution in [1.29, 1.82) is 0 Å². The average molecular weight is 315 g/mol. The van der Waals surface area contributed by atoms with Crippen LogP contribution in [0.2, 0.25) is 0 Å². The number of rotatable bonds is 5. The quantitative estimate of drug-likeness (QED) is 0.440. The first-order chi connectivity index (χ1) is 11.0. The van der Waals surface area contributed by atoms with Crippen LogP contribution in [0.25, 0.3) is 0 Å². The van der Waals surface area contributed by atoms with Gasteiger partial charge in [-0.15, -0.1) is 0 Å². The number of aromatic hydroxyl groups is 2. The predicted octanol–water partition coefficient (Wildman–Crippen LogP) is 1.70. The van der Waals surface area contributed by atoms with Gasteiger partial charge in [0.25, 0.3) is 0 Å². The molecule has 2 aromatic rings. The zero-order chi connectivity index (χ0) is 16.8. The predicted molar refractivity (Wildman–Crippen MR) is 82.3 cm³/mol. The van der Waals surface area contributed by atoms with Crippen molar-refractivity contribution in [2.45, 2.75) is 6.42 Å². The first kappa shape index (κ1) is 16.0. The summed E-state index contributed by atoms with van der Waals surface area (Å²) in [6, 6.07) is 10.2. The van der Waals surface area contributed by atoms with Gasteiger partial charge in [0, 0.05) is 11.6 Å². The highest BCUT2D eigenvalue weighted by molar-refractivity contribution is 5.87. The SMILES string of the molecule is O=C(Cc1cccc(O)c1)NN=Cc1cccc([N+](=O)[O-])c1O. The maximum atomic E-state index is 11.7. The molecule has 3 N–H and O–H groups in total. The Morgan fingerprint density at radius 2 is 2.00 bits per heavy atom. The lowest BCUT2D eigenvalue weighted by Crippen LogP contribution is -2.19. The zero-order valence-corrected chi connectivity index (χ0v) is 11.8. The standard InChI is InChI=1S/C15H13N3O5/c19-12-5-1-3-10(7-12)8-14(20)17-16-9-11-4-2-6-13(15(11)21)18(22)23/h1-7,9,19,21H,8H2,(H,17,20). The molecule has 0 saturated carbocycles. The molecule has 8 heteroatoms. The highest BCUT2D eigenvalue weighted by atomic mass is 16.6. The van der Waals surface area contributed by atoms with E-state index in [1.165, 1.54) is 24.3 Å². The first-order valence-electron chi connectivity index (χ1n) is 6.53. The second kappa shape index (κ2) is 7.03. The van der Waals surface area contributed by atoms with Gasteiger partial charge in [0.05, 0.1) is 17.6 Å². The Morgan fingerprint density at radius 1 is 1.26 bits per heavy atom. The maximum absolute atomic E-state index is 11.7. The number of nitro benzene ring substituents is 1. The number of phenolic OH excluding ortho intramolecular Hbond substituents is 2. The fraction of sp³-hybridized carbons (Fsp3) is 0.0667. The number of nitrogens with one attached hydrogen (secondary N) is 1. The molecule has 8 nitrogen and oxygen atoms in total. The van der Waals surface area contributed by atoms with Crippen LogP contribution < -0.4 is 5.43 Å². The molecule has 0 heterocycles. The van der Waals surface area contributed by atoms with E-state index in [1.807, 2.05) is 0 Å². The van der Waals surface area contributed by atoms with E-state index >= 15 is 0 Å². The van der Waals surface area contributed by atoms with Gasteiger partial charge in [0.15, 0.2) is 0 Å². The summed E-state index contributed by atoms with van der Waals surface area (Å²) in [4.78, 5) is 21.7. The maximum Gasteiger partial charge on any atom is 0.311 e. The highest BCUT2D eigenvalue weighted by Gasteiger charge is 2.15. The van der Waals surface area contributed by atoms with Crippen LogP contribution >= 0.6 is 0 Å². The number of para-hydroxylation sites is 1. The van der Waals surface area contributed by atoms with E-state index in [0.717, 1.165) is 12.3 Å². The molecule has 0 saturated heterocycles. The zero-order valence-electron chi connectivity index (χ0n) is 11.8. The number of carbonyl (C=O) groups excluding carboxylic acids is 1. The topological polar surface area (TPSA) is 125 Å². The second-order valence-electron chi connectivity index (χ2n) is 4.61. The Labute approximate surface area is 130 Å². The summed E-state index contributed by atoms with van der Waals surface area (Å²) in [6.45, 7) is 0. The summed E-state index contributed by atoms with van der Waals surface area (Å²) < 4.78 is 0. The molecule has 0 bridgehead atoms. The Balaban J connectivity index is 2.00. The number of phenols is 2. The number of hydrogen-bond acceptors (Lipinski definition) is 6. The Bertz CT molecular complexity index is 773. The van der Waals surface area contributed by atoms with Crippen molar-refractivity contribution in [2.75, 3.05) is 0 Å². The monoisotopic (exact) mass is 315 g/mol. The van der Waals surface area contributed by atoms with E-state index in [1.54, 1.807) is 12.1 Å². The molecule has 1 amide bonds. The van der Waals surface area contributed by atoms with Crippen molar-refractivity contribution >= 4 is 17.8 Å². The molecule has 0 spiro atoms. The van der Waals surface area contributed by atoms with Crippen molar-refractivity contribution in [3.05, 3.63) is 63.7 Å². The third-order valence-electron chi connectivity index (χ3n) is 2.91. The third kappa shape index (κ3) is 4.27. The van der Waals surface area contributed by atoms with Crippen molar-refractivity contribution in [3.8, 4) is 11.5 Å². The molecule has 2 rings (SSSR count). The lowest BCUT2D eigenvalue weighted by molar-refractivity contribution is -0.385. The minimum atomic E-state index is -0.715. The molecule has 2 aromatic carbocycles. The summed E-state index contributed by atoms with van der Waals surface area (Å²) in [5, 5.41) is 33.4. The van der Waals surface area contributed by atoms with Gasteiger partial charge in [-0.25, -0.2) is 5.43 Å². The third-order valence-corrected chi connectivity index (χ3v) is 2.91. The van der Waals surface area contributed by atoms with Gasteiger partial charge in [-0.3, -0.25) is 14.9 Å². The Kier molecular flexibility index (Phi) is 4.88. The number of nitro groups is 1. The van der Waals surface area contributed by atoms with Crippen molar-refractivity contribution in [1.82, 2.24) is 5.43 Å². The van der Waals surface area contributed by atoms with Gasteiger partial charge in [-0.1, -0.05) is 18.2 Å². The van der Waals surface area contributed by atoms with Crippen LogP contribution in [0, 0.1) is 10.1 Å². The van der Waals surface area contributed by atoms with E-state index in [0.29, 0.717) is 5.56 Å². The molecule has 0 aliphatic rings. The van der Waals surface area contributed by atoms with Crippen molar-refractivity contribution < 1.29 is 19.9 Å². The van der Waals surface area contributed by atoms with E-state index in [4.69, 9.17) is 0 Å². The smallest absolute Gasteiger partial charge is 0.311 e. The number of hydrazone groups is 1. The molecule has 0 aromatic heterocycles. The largest absolute Gasteiger partial charge is 0.508 e. The second-order valence-corrected chi connectivity index (χ2v) is 4.61. The molecule has 0 aliphatic carbocycles. The van der Waals surface area contributed by atoms with Crippen LogP contribution in [0.15, 0.2) is 47.6 Å². The fourth-order valence-electron chi connectivity index (χ4n) is 1.87. The molecule has 0 fully saturated rings. The van der Waals surface area contributed by atoms with E-state index in [-0.39, 0.29) is 17.7 Å². The van der Waals surface area contributed by atoms with Crippen LogP contribution in [0.1, 0.15) is 11.1 Å². The minimum Gasteiger partial charge on any atom is -0.508 e.